The van der Waals surface area contributed by atoms with Gasteiger partial charge in [0.15, 0.2) is 5.78 Å². The molecular formula is C27H22F3N3O5. The van der Waals surface area contributed by atoms with Gasteiger partial charge in [0.25, 0.3) is 5.69 Å². The molecule has 0 radical (unpaired) electrons. The van der Waals surface area contributed by atoms with Crippen LogP contribution in [0, 0.1) is 15.5 Å². The van der Waals surface area contributed by atoms with E-state index >= 15 is 0 Å². The molecule has 8 nitrogen and oxygen atoms in total. The number of nitro benzene ring substituents is 1. The third kappa shape index (κ3) is 4.33. The molecule has 0 unspecified atom stereocenters. The summed E-state index contributed by atoms with van der Waals surface area (Å²) in [5.74, 6) is -2.71. The molecule has 3 aromatic rings. The Labute approximate surface area is 214 Å². The number of nitro groups is 1. The van der Waals surface area contributed by atoms with Crippen LogP contribution in [-0.4, -0.2) is 22.8 Å². The van der Waals surface area contributed by atoms with Crippen LogP contribution in [0.2, 0.25) is 0 Å². The van der Waals surface area contributed by atoms with E-state index in [2.05, 4.69) is 5.32 Å². The molecule has 38 heavy (non-hydrogen) atoms. The Bertz CT molecular complexity index is 1510. The van der Waals surface area contributed by atoms with Crippen LogP contribution in [0.5, 0.6) is 0 Å². The van der Waals surface area contributed by atoms with Gasteiger partial charge in [0.2, 0.25) is 0 Å². The van der Waals surface area contributed by atoms with Gasteiger partial charge in [-0.3, -0.25) is 24.6 Å². The van der Waals surface area contributed by atoms with E-state index in [1.54, 1.807) is 12.1 Å². The van der Waals surface area contributed by atoms with E-state index < -0.39 is 34.2 Å². The molecule has 0 bridgehead atoms. The zero-order valence-electron chi connectivity index (χ0n) is 20.3. The number of rotatable bonds is 3. The zero-order chi connectivity index (χ0) is 27.4. The Balaban J connectivity index is 1.77. The van der Waals surface area contributed by atoms with Crippen LogP contribution >= 0.6 is 0 Å². The Hall–Kier alpha value is -4.41. The number of carbonyl (C=O) groups excluding carboxylic acids is 2. The Morgan fingerprint density at radius 3 is 2.47 bits per heavy atom. The number of halogens is 3. The number of allylic oxidation sites excluding steroid dienone is 1. The topological polar surface area (TPSA) is 106 Å². The van der Waals surface area contributed by atoms with Gasteiger partial charge in [-0.2, -0.15) is 13.2 Å². The minimum Gasteiger partial charge on any atom is -0.458 e. The van der Waals surface area contributed by atoms with Crippen molar-refractivity contribution in [2.75, 3.05) is 10.2 Å². The first kappa shape index (κ1) is 25.2. The predicted molar refractivity (Wildman–Crippen MR) is 132 cm³/mol. The van der Waals surface area contributed by atoms with Crippen LogP contribution in [0.25, 0.3) is 11.3 Å². The third-order valence-electron chi connectivity index (χ3n) is 6.62. The van der Waals surface area contributed by atoms with Crippen molar-refractivity contribution in [2.24, 2.45) is 5.41 Å². The van der Waals surface area contributed by atoms with Crippen LogP contribution in [0.3, 0.4) is 0 Å². The fraction of sp³-hybridized carbons (Fsp3) is 0.259. The lowest BCUT2D eigenvalue weighted by Crippen LogP contribution is -2.45. The quantitative estimate of drug-likeness (QED) is 0.307. The molecule has 5 rings (SSSR count). The molecule has 1 atom stereocenters. The molecule has 1 N–H and O–H groups in total. The minimum atomic E-state index is -5.26. The van der Waals surface area contributed by atoms with Crippen molar-refractivity contribution >= 4 is 28.8 Å². The van der Waals surface area contributed by atoms with Crippen molar-refractivity contribution < 1.29 is 32.1 Å². The van der Waals surface area contributed by atoms with E-state index in [-0.39, 0.29) is 46.1 Å². The van der Waals surface area contributed by atoms with E-state index in [4.69, 9.17) is 4.42 Å². The first-order chi connectivity index (χ1) is 17.9. The maximum Gasteiger partial charge on any atom is 0.471 e. The number of carbonyl (C=O) groups is 2. The smallest absolute Gasteiger partial charge is 0.458 e. The van der Waals surface area contributed by atoms with Gasteiger partial charge in [-0.25, -0.2) is 0 Å². The number of anilines is 2. The minimum absolute atomic E-state index is 0.0124. The van der Waals surface area contributed by atoms with Crippen molar-refractivity contribution in [3.63, 3.8) is 0 Å². The predicted octanol–water partition coefficient (Wildman–Crippen LogP) is 6.56. The fourth-order valence-electron chi connectivity index (χ4n) is 5.10. The van der Waals surface area contributed by atoms with Gasteiger partial charge in [0.1, 0.15) is 17.6 Å². The molecule has 2 heterocycles. The number of furan rings is 1. The second-order valence-corrected chi connectivity index (χ2v) is 10.0. The summed E-state index contributed by atoms with van der Waals surface area (Å²) in [6, 6.07) is 12.9. The number of fused-ring (bicyclic) bond motifs is 1. The van der Waals surface area contributed by atoms with Crippen LogP contribution in [0.4, 0.5) is 30.2 Å². The number of nitrogens with zero attached hydrogens (tertiary/aromatic N) is 2. The highest BCUT2D eigenvalue weighted by Crippen LogP contribution is 2.50. The number of alkyl halides is 3. The molecule has 1 aliphatic carbocycles. The zero-order valence-corrected chi connectivity index (χ0v) is 20.3. The van der Waals surface area contributed by atoms with Crippen molar-refractivity contribution in [3.05, 3.63) is 87.8 Å². The van der Waals surface area contributed by atoms with E-state index in [9.17, 15) is 32.9 Å². The average molecular weight is 525 g/mol. The molecular weight excluding hydrogens is 503 g/mol. The number of nitrogens with one attached hydrogen (secondary N) is 1. The van der Waals surface area contributed by atoms with Crippen LogP contribution in [0.15, 0.2) is 76.4 Å². The maximum atomic E-state index is 14.0. The van der Waals surface area contributed by atoms with Crippen LogP contribution < -0.4 is 10.2 Å². The third-order valence-corrected chi connectivity index (χ3v) is 6.62. The number of amides is 1. The lowest BCUT2D eigenvalue weighted by molar-refractivity contribution is -0.384. The number of hydrogen-bond donors (Lipinski definition) is 1. The van der Waals surface area contributed by atoms with Crippen molar-refractivity contribution in [2.45, 2.75) is 38.9 Å². The largest absolute Gasteiger partial charge is 0.471 e. The van der Waals surface area contributed by atoms with Crippen LogP contribution in [0.1, 0.15) is 38.5 Å². The van der Waals surface area contributed by atoms with E-state index in [0.29, 0.717) is 17.0 Å². The highest BCUT2D eigenvalue weighted by atomic mass is 19.4. The number of ketones is 1. The Morgan fingerprint density at radius 1 is 1.08 bits per heavy atom. The molecule has 1 aromatic heterocycles. The lowest BCUT2D eigenvalue weighted by atomic mass is 9.74. The van der Waals surface area contributed by atoms with Gasteiger partial charge in [0, 0.05) is 23.8 Å². The molecule has 196 valence electrons. The molecule has 2 aliphatic rings. The number of benzene rings is 2. The van der Waals surface area contributed by atoms with Crippen molar-refractivity contribution in [1.82, 2.24) is 0 Å². The number of Topliss-reactive ketones (excluding diaryl/α,β-unsaturated/α-hetero) is 1. The van der Waals surface area contributed by atoms with E-state index in [1.165, 1.54) is 48.5 Å². The first-order valence-corrected chi connectivity index (χ1v) is 11.7. The summed E-state index contributed by atoms with van der Waals surface area (Å²) in [5.41, 5.74) is -0.106. The van der Waals surface area contributed by atoms with Gasteiger partial charge in [-0.05, 0) is 42.2 Å². The average Bonchev–Trinajstić information content (AvgIpc) is 3.26. The number of para-hydroxylation sites is 3. The fourth-order valence-corrected chi connectivity index (χ4v) is 5.10. The van der Waals surface area contributed by atoms with Gasteiger partial charge < -0.3 is 9.73 Å². The second-order valence-electron chi connectivity index (χ2n) is 10.0. The molecule has 0 fully saturated rings. The summed E-state index contributed by atoms with van der Waals surface area (Å²) in [5, 5.41) is 14.7. The van der Waals surface area contributed by atoms with Crippen molar-refractivity contribution in [1.29, 1.82) is 0 Å². The molecule has 11 heteroatoms. The SMILES string of the molecule is CC1(C)CC(=O)C2=C(C1)Nc1ccccc1N(C(=O)C(F)(F)F)[C@H]2c1ccc(-c2ccccc2[N+](=O)[O-])o1. The summed E-state index contributed by atoms with van der Waals surface area (Å²) in [4.78, 5) is 38.0. The summed E-state index contributed by atoms with van der Waals surface area (Å²) in [6.07, 6.45) is -4.88. The van der Waals surface area contributed by atoms with E-state index in [0.717, 1.165) is 0 Å². The standard InChI is InChI=1S/C27H22F3N3O5/c1-26(2)13-17-23(20(34)14-26)24(22-12-11-21(38-22)15-7-3-5-9-18(15)33(36)37)32(25(35)27(28,29)30)19-10-6-4-8-16(19)31-17/h3-12,24,31H,13-14H2,1-2H3/t24-/m0/s1. The first-order valence-electron chi connectivity index (χ1n) is 11.7. The van der Waals surface area contributed by atoms with Gasteiger partial charge >= 0.3 is 12.1 Å². The van der Waals surface area contributed by atoms with Gasteiger partial charge in [-0.15, -0.1) is 0 Å². The van der Waals surface area contributed by atoms with Crippen molar-refractivity contribution in [3.8, 4) is 11.3 Å². The Morgan fingerprint density at radius 2 is 1.76 bits per heavy atom. The second kappa shape index (κ2) is 8.86. The summed E-state index contributed by atoms with van der Waals surface area (Å²) < 4.78 is 47.9. The number of hydrogen-bond acceptors (Lipinski definition) is 6. The summed E-state index contributed by atoms with van der Waals surface area (Å²) in [6.45, 7) is 3.75. The normalized spacial score (nSPS) is 18.8. The van der Waals surface area contributed by atoms with Gasteiger partial charge in [-0.1, -0.05) is 38.1 Å². The summed E-state index contributed by atoms with van der Waals surface area (Å²) in [7, 11) is 0. The maximum absolute atomic E-state index is 14.0. The monoisotopic (exact) mass is 525 g/mol. The molecule has 1 amide bonds. The molecule has 0 saturated heterocycles. The highest BCUT2D eigenvalue weighted by molar-refractivity contribution is 6.07. The lowest BCUT2D eigenvalue weighted by Gasteiger charge is -2.36. The summed E-state index contributed by atoms with van der Waals surface area (Å²) >= 11 is 0. The molecule has 1 aliphatic heterocycles. The highest BCUT2D eigenvalue weighted by Gasteiger charge is 2.51. The molecule has 0 spiro atoms. The van der Waals surface area contributed by atoms with Gasteiger partial charge in [0.05, 0.1) is 21.9 Å². The Kier molecular flexibility index (Phi) is 5.89. The molecule has 2 aromatic carbocycles. The van der Waals surface area contributed by atoms with Crippen LogP contribution in [-0.2, 0) is 9.59 Å². The molecule has 0 saturated carbocycles. The van der Waals surface area contributed by atoms with E-state index in [1.807, 2.05) is 13.8 Å².